The van der Waals surface area contributed by atoms with E-state index in [-0.39, 0.29) is 0 Å². The van der Waals surface area contributed by atoms with Crippen LogP contribution in [0, 0.1) is 0 Å². The van der Waals surface area contributed by atoms with E-state index in [2.05, 4.69) is 19.4 Å². The fraction of sp³-hybridized carbons (Fsp3) is 0.250. The molecule has 0 rings (SSSR count). The minimum atomic E-state index is 0.493. The summed E-state index contributed by atoms with van der Waals surface area (Å²) in [4.78, 5) is 9.70. The van der Waals surface area contributed by atoms with Gasteiger partial charge < -0.3 is 0 Å². The van der Waals surface area contributed by atoms with E-state index in [4.69, 9.17) is 0 Å². The molecule has 0 N–H and O–H groups in total. The molecule has 0 aromatic carbocycles. The van der Waals surface area contributed by atoms with Crippen molar-refractivity contribution in [2.75, 3.05) is 6.54 Å². The van der Waals surface area contributed by atoms with Crippen LogP contribution in [-0.4, -0.2) is 17.3 Å². The molecular weight excluding hydrogens is 110 g/mol. The number of nitrogens with zero attached hydrogens (tertiary/aromatic N) is 1. The lowest BCUT2D eigenvalue weighted by Gasteiger charge is -2.00. The molecule has 0 bridgehead atoms. The lowest BCUT2D eigenvalue weighted by Crippen LogP contribution is -2.07. The smallest absolute Gasteiger partial charge is 0.219 e. The Morgan fingerprint density at radius 2 is 2.43 bits per heavy atom. The first-order chi connectivity index (χ1) is 3.31. The maximum atomic E-state index is 9.70. The summed E-state index contributed by atoms with van der Waals surface area (Å²) in [5, 5.41) is 0. The van der Waals surface area contributed by atoms with E-state index in [1.807, 2.05) is 0 Å². The molecule has 0 aromatic rings. The lowest BCUT2D eigenvalue weighted by atomic mass is 10.6. The van der Waals surface area contributed by atoms with Crippen LogP contribution in [-0.2, 0) is 4.79 Å². The maximum Gasteiger partial charge on any atom is 0.219 e. The summed E-state index contributed by atoms with van der Waals surface area (Å²) in [5.41, 5.74) is 0. The Morgan fingerprint density at radius 3 is 2.57 bits per heavy atom. The molecule has 0 saturated carbocycles. The lowest BCUT2D eigenvalue weighted by molar-refractivity contribution is -0.113. The summed E-state index contributed by atoms with van der Waals surface area (Å²) in [6.45, 7) is 3.89. The second-order valence-electron chi connectivity index (χ2n) is 1.02. The van der Waals surface area contributed by atoms with Crippen LogP contribution in [0.3, 0.4) is 0 Å². The normalized spacial score (nSPS) is 7.57. The second kappa shape index (κ2) is 3.74. The van der Waals surface area contributed by atoms with Gasteiger partial charge >= 0.3 is 0 Å². The molecule has 0 fully saturated rings. The number of carbonyl (C=O) groups excluding carboxylic acids is 1. The molecular formula is C4H7NOS. The third kappa shape index (κ3) is 3.39. The van der Waals surface area contributed by atoms with Crippen molar-refractivity contribution in [3.63, 3.8) is 0 Å². The summed E-state index contributed by atoms with van der Waals surface area (Å²) < 4.78 is 1.20. The van der Waals surface area contributed by atoms with Gasteiger partial charge in [-0.2, -0.15) is 0 Å². The van der Waals surface area contributed by atoms with Gasteiger partial charge in [0.1, 0.15) is 0 Å². The third-order valence-electron chi connectivity index (χ3n) is 0.438. The first kappa shape index (κ1) is 6.56. The van der Waals surface area contributed by atoms with Crippen LogP contribution in [0.5, 0.6) is 0 Å². The van der Waals surface area contributed by atoms with Crippen molar-refractivity contribution in [2.45, 2.75) is 0 Å². The minimum absolute atomic E-state index is 0.493. The fourth-order valence-corrected chi connectivity index (χ4v) is 0.291. The molecule has 0 atom stereocenters. The van der Waals surface area contributed by atoms with Crippen LogP contribution in [0.25, 0.3) is 0 Å². The molecule has 0 radical (unpaired) electrons. The van der Waals surface area contributed by atoms with Crippen molar-refractivity contribution in [2.24, 2.45) is 0 Å². The van der Waals surface area contributed by atoms with E-state index in [1.165, 1.54) is 4.31 Å². The van der Waals surface area contributed by atoms with Gasteiger partial charge in [-0.15, -0.1) is 6.58 Å². The Kier molecular flexibility index (Phi) is 3.50. The van der Waals surface area contributed by atoms with Crippen molar-refractivity contribution in [3.8, 4) is 0 Å². The van der Waals surface area contributed by atoms with Crippen molar-refractivity contribution >= 4 is 19.2 Å². The summed E-state index contributed by atoms with van der Waals surface area (Å²) in [5.74, 6) is 0. The number of amides is 1. The molecule has 0 saturated heterocycles. The van der Waals surface area contributed by atoms with Crippen molar-refractivity contribution in [1.29, 1.82) is 0 Å². The molecule has 1 amide bonds. The number of hydrogen-bond donors (Lipinski definition) is 1. The van der Waals surface area contributed by atoms with Crippen LogP contribution in [0.1, 0.15) is 0 Å². The number of carbonyl (C=O) groups is 1. The Hall–Kier alpha value is -0.440. The summed E-state index contributed by atoms with van der Waals surface area (Å²) in [6, 6.07) is 0. The highest BCUT2D eigenvalue weighted by molar-refractivity contribution is 7.78. The zero-order chi connectivity index (χ0) is 5.70. The third-order valence-corrected chi connectivity index (χ3v) is 0.695. The molecule has 0 aliphatic carbocycles. The second-order valence-corrected chi connectivity index (χ2v) is 1.53. The van der Waals surface area contributed by atoms with Gasteiger partial charge in [-0.05, 0) is 0 Å². The quantitative estimate of drug-likeness (QED) is 0.324. The van der Waals surface area contributed by atoms with Gasteiger partial charge in [-0.3, -0.25) is 9.10 Å². The van der Waals surface area contributed by atoms with Gasteiger partial charge in [0.05, 0.1) is 0 Å². The van der Waals surface area contributed by atoms with E-state index in [0.717, 1.165) is 0 Å². The predicted octanol–water partition coefficient (Wildman–Crippen LogP) is 0.476. The molecule has 0 aliphatic heterocycles. The zero-order valence-corrected chi connectivity index (χ0v) is 4.77. The number of hydrogen-bond acceptors (Lipinski definition) is 2. The van der Waals surface area contributed by atoms with Crippen LogP contribution in [0.4, 0.5) is 0 Å². The SMILES string of the molecule is C=CCN(S)C=O. The van der Waals surface area contributed by atoms with E-state index in [9.17, 15) is 4.79 Å². The van der Waals surface area contributed by atoms with Gasteiger partial charge in [0.25, 0.3) is 0 Å². The van der Waals surface area contributed by atoms with Gasteiger partial charge in [-0.1, -0.05) is 18.9 Å². The first-order valence-corrected chi connectivity index (χ1v) is 2.23. The Balaban J connectivity index is 3.15. The van der Waals surface area contributed by atoms with Gasteiger partial charge in [0, 0.05) is 6.54 Å². The van der Waals surface area contributed by atoms with Crippen LogP contribution >= 0.6 is 12.8 Å². The van der Waals surface area contributed by atoms with Crippen LogP contribution < -0.4 is 0 Å². The largest absolute Gasteiger partial charge is 0.288 e. The molecule has 3 heteroatoms. The van der Waals surface area contributed by atoms with Crippen LogP contribution in [0.2, 0.25) is 0 Å². The highest BCUT2D eigenvalue weighted by atomic mass is 32.1. The fourth-order valence-electron chi connectivity index (χ4n) is 0.175. The van der Waals surface area contributed by atoms with Crippen LogP contribution in [0.15, 0.2) is 12.7 Å². The average Bonchev–Trinajstić information content (AvgIpc) is 1.68. The predicted molar refractivity (Wildman–Crippen MR) is 32.0 cm³/mol. The Bertz CT molecular complexity index is 74.1. The molecule has 0 spiro atoms. The van der Waals surface area contributed by atoms with E-state index < -0.39 is 0 Å². The molecule has 40 valence electrons. The standard InChI is InChI=1S/C4H7NOS/c1-2-3-5(7)4-6/h2,4,7H,1,3H2. The zero-order valence-electron chi connectivity index (χ0n) is 3.87. The molecule has 2 nitrogen and oxygen atoms in total. The summed E-state index contributed by atoms with van der Waals surface area (Å²) >= 11 is 3.70. The molecule has 0 aliphatic rings. The topological polar surface area (TPSA) is 20.3 Å². The molecule has 0 aromatic heterocycles. The summed E-state index contributed by atoms with van der Waals surface area (Å²) in [6.07, 6.45) is 2.23. The Labute approximate surface area is 48.4 Å². The summed E-state index contributed by atoms with van der Waals surface area (Å²) in [7, 11) is 0. The van der Waals surface area contributed by atoms with E-state index in [1.54, 1.807) is 6.08 Å². The highest BCUT2D eigenvalue weighted by Gasteiger charge is 1.83. The average molecular weight is 117 g/mol. The monoisotopic (exact) mass is 117 g/mol. The molecule has 7 heavy (non-hydrogen) atoms. The Morgan fingerprint density at radius 1 is 1.86 bits per heavy atom. The first-order valence-electron chi connectivity index (χ1n) is 1.83. The van der Waals surface area contributed by atoms with Gasteiger partial charge in [-0.25, -0.2) is 0 Å². The van der Waals surface area contributed by atoms with Crippen molar-refractivity contribution in [3.05, 3.63) is 12.7 Å². The number of thiol groups is 1. The number of rotatable bonds is 3. The maximum absolute atomic E-state index is 9.70. The van der Waals surface area contributed by atoms with E-state index >= 15 is 0 Å². The van der Waals surface area contributed by atoms with Crippen molar-refractivity contribution < 1.29 is 4.79 Å². The molecule has 0 heterocycles. The van der Waals surface area contributed by atoms with E-state index in [0.29, 0.717) is 13.0 Å². The van der Waals surface area contributed by atoms with Gasteiger partial charge in [0.2, 0.25) is 6.41 Å². The highest BCUT2D eigenvalue weighted by Crippen LogP contribution is 1.83. The molecule has 0 unspecified atom stereocenters. The van der Waals surface area contributed by atoms with Crippen molar-refractivity contribution in [1.82, 2.24) is 4.31 Å². The minimum Gasteiger partial charge on any atom is -0.288 e. The van der Waals surface area contributed by atoms with Gasteiger partial charge in [0.15, 0.2) is 0 Å².